The Balaban J connectivity index is 2.18. The number of rotatable bonds is 4. The molecule has 3 rings (SSSR count). The summed E-state index contributed by atoms with van der Waals surface area (Å²) in [6.45, 7) is 7.21. The second-order valence-electron chi connectivity index (χ2n) is 5.80. The lowest BCUT2D eigenvalue weighted by atomic mass is 10.2. The number of fused-ring (bicyclic) bond motifs is 1. The first-order valence-electron chi connectivity index (χ1n) is 6.77. The van der Waals surface area contributed by atoms with Crippen LogP contribution >= 0.6 is 11.6 Å². The molecule has 1 heterocycles. The van der Waals surface area contributed by atoms with Crippen molar-refractivity contribution < 1.29 is 4.74 Å². The van der Waals surface area contributed by atoms with Gasteiger partial charge in [-0.3, -0.25) is 0 Å². The smallest absolute Gasteiger partial charge is 0.147 e. The molecule has 4 heteroatoms. The number of halogens is 1. The quantitative estimate of drug-likeness (QED) is 0.786. The molecule has 0 saturated heterocycles. The van der Waals surface area contributed by atoms with Crippen molar-refractivity contribution >= 4 is 22.6 Å². The predicted octanol–water partition coefficient (Wildman–Crippen LogP) is 4.14. The van der Waals surface area contributed by atoms with E-state index in [0.717, 1.165) is 22.6 Å². The molecule has 2 aromatic rings. The molecule has 0 N–H and O–H groups in total. The van der Waals surface area contributed by atoms with Gasteiger partial charge in [-0.05, 0) is 30.9 Å². The van der Waals surface area contributed by atoms with Gasteiger partial charge in [0.1, 0.15) is 17.1 Å². The van der Waals surface area contributed by atoms with Crippen molar-refractivity contribution in [3.8, 4) is 5.75 Å². The van der Waals surface area contributed by atoms with Crippen molar-refractivity contribution in [2.45, 2.75) is 39.1 Å². The van der Waals surface area contributed by atoms with Crippen molar-refractivity contribution in [3.63, 3.8) is 0 Å². The lowest BCUT2D eigenvalue weighted by Crippen LogP contribution is -2.04. The summed E-state index contributed by atoms with van der Waals surface area (Å²) in [4.78, 5) is 4.68. The minimum atomic E-state index is 0.343. The highest BCUT2D eigenvalue weighted by molar-refractivity contribution is 6.16. The maximum atomic E-state index is 6.07. The SMILES string of the molecule is CCOc1cccc2c1nc(CCl)n2C1CC1(C)C. The summed E-state index contributed by atoms with van der Waals surface area (Å²) in [6.07, 6.45) is 1.18. The van der Waals surface area contributed by atoms with E-state index in [2.05, 4.69) is 29.5 Å². The lowest BCUT2D eigenvalue weighted by Gasteiger charge is -2.10. The Labute approximate surface area is 118 Å². The third kappa shape index (κ3) is 2.00. The second-order valence-corrected chi connectivity index (χ2v) is 6.06. The van der Waals surface area contributed by atoms with E-state index in [1.165, 1.54) is 6.42 Å². The number of hydrogen-bond donors (Lipinski definition) is 0. The Morgan fingerprint density at radius 1 is 1.47 bits per heavy atom. The zero-order chi connectivity index (χ0) is 13.6. The van der Waals surface area contributed by atoms with Gasteiger partial charge in [0.05, 0.1) is 18.0 Å². The number of benzene rings is 1. The zero-order valence-corrected chi connectivity index (χ0v) is 12.4. The summed E-state index contributed by atoms with van der Waals surface area (Å²) in [7, 11) is 0. The van der Waals surface area contributed by atoms with Gasteiger partial charge < -0.3 is 9.30 Å². The van der Waals surface area contributed by atoms with E-state index in [1.54, 1.807) is 0 Å². The first-order chi connectivity index (χ1) is 9.08. The van der Waals surface area contributed by atoms with E-state index in [0.29, 0.717) is 23.9 Å². The summed E-state index contributed by atoms with van der Waals surface area (Å²) < 4.78 is 7.96. The van der Waals surface area contributed by atoms with Gasteiger partial charge in [-0.1, -0.05) is 19.9 Å². The molecule has 1 atom stereocenters. The molecule has 0 radical (unpaired) electrons. The number of ether oxygens (including phenoxy) is 1. The van der Waals surface area contributed by atoms with Crippen LogP contribution in [0.5, 0.6) is 5.75 Å². The first kappa shape index (κ1) is 12.8. The van der Waals surface area contributed by atoms with Crippen LogP contribution < -0.4 is 4.74 Å². The normalized spacial score (nSPS) is 20.7. The van der Waals surface area contributed by atoms with Gasteiger partial charge >= 0.3 is 0 Å². The number of hydrogen-bond acceptors (Lipinski definition) is 2. The summed E-state index contributed by atoms with van der Waals surface area (Å²) in [5.74, 6) is 2.23. The minimum Gasteiger partial charge on any atom is -0.492 e. The van der Waals surface area contributed by atoms with E-state index in [-0.39, 0.29) is 0 Å². The Morgan fingerprint density at radius 3 is 2.79 bits per heavy atom. The number of aromatic nitrogens is 2. The number of nitrogens with zero attached hydrogens (tertiary/aromatic N) is 2. The molecular formula is C15H19ClN2O. The van der Waals surface area contributed by atoms with Crippen LogP contribution in [0.1, 0.15) is 39.1 Å². The molecule has 0 bridgehead atoms. The van der Waals surface area contributed by atoms with Crippen LogP contribution in [0.4, 0.5) is 0 Å². The van der Waals surface area contributed by atoms with Gasteiger partial charge in [0.15, 0.2) is 0 Å². The molecule has 1 aromatic carbocycles. The summed E-state index contributed by atoms with van der Waals surface area (Å²) in [5, 5.41) is 0. The molecule has 102 valence electrons. The highest BCUT2D eigenvalue weighted by Crippen LogP contribution is 2.57. The Kier molecular flexibility index (Phi) is 2.97. The maximum absolute atomic E-state index is 6.07. The van der Waals surface area contributed by atoms with Crippen molar-refractivity contribution in [1.29, 1.82) is 0 Å². The molecule has 3 nitrogen and oxygen atoms in total. The van der Waals surface area contributed by atoms with Gasteiger partial charge in [-0.15, -0.1) is 11.6 Å². The van der Waals surface area contributed by atoms with Crippen molar-refractivity contribution in [2.24, 2.45) is 5.41 Å². The molecule has 1 fully saturated rings. The summed E-state index contributed by atoms with van der Waals surface area (Å²) in [5.41, 5.74) is 2.41. The van der Waals surface area contributed by atoms with Gasteiger partial charge in [0.2, 0.25) is 0 Å². The average molecular weight is 279 g/mol. The third-order valence-corrected chi connectivity index (χ3v) is 4.19. The molecule has 1 aromatic heterocycles. The molecule has 1 saturated carbocycles. The lowest BCUT2D eigenvalue weighted by molar-refractivity contribution is 0.343. The van der Waals surface area contributed by atoms with Crippen molar-refractivity contribution in [1.82, 2.24) is 9.55 Å². The molecule has 0 aliphatic heterocycles. The molecule has 1 unspecified atom stereocenters. The maximum Gasteiger partial charge on any atom is 0.147 e. The van der Waals surface area contributed by atoms with Crippen LogP contribution in [-0.4, -0.2) is 16.2 Å². The van der Waals surface area contributed by atoms with Gasteiger partial charge in [0.25, 0.3) is 0 Å². The van der Waals surface area contributed by atoms with Crippen molar-refractivity contribution in [3.05, 3.63) is 24.0 Å². The van der Waals surface area contributed by atoms with E-state index >= 15 is 0 Å². The van der Waals surface area contributed by atoms with E-state index < -0.39 is 0 Å². The van der Waals surface area contributed by atoms with E-state index in [1.807, 2.05) is 19.1 Å². The minimum absolute atomic E-state index is 0.343. The number of imidazole rings is 1. The third-order valence-electron chi connectivity index (χ3n) is 3.95. The van der Waals surface area contributed by atoms with Crippen LogP contribution in [0.25, 0.3) is 11.0 Å². The highest BCUT2D eigenvalue weighted by atomic mass is 35.5. The zero-order valence-electron chi connectivity index (χ0n) is 11.6. The average Bonchev–Trinajstić information content (AvgIpc) is 2.86. The Bertz CT molecular complexity index is 618. The monoisotopic (exact) mass is 278 g/mol. The van der Waals surface area contributed by atoms with Gasteiger partial charge in [0, 0.05) is 6.04 Å². The predicted molar refractivity (Wildman–Crippen MR) is 77.9 cm³/mol. The van der Waals surface area contributed by atoms with Crippen LogP contribution in [-0.2, 0) is 5.88 Å². The fraction of sp³-hybridized carbons (Fsp3) is 0.533. The molecule has 0 spiro atoms. The van der Waals surface area contributed by atoms with E-state index in [4.69, 9.17) is 16.3 Å². The molecule has 0 amide bonds. The van der Waals surface area contributed by atoms with E-state index in [9.17, 15) is 0 Å². The topological polar surface area (TPSA) is 27.1 Å². The molecule has 19 heavy (non-hydrogen) atoms. The largest absolute Gasteiger partial charge is 0.492 e. The molecule has 1 aliphatic rings. The first-order valence-corrected chi connectivity index (χ1v) is 7.30. The second kappa shape index (κ2) is 4.41. The molecular weight excluding hydrogens is 260 g/mol. The fourth-order valence-corrected chi connectivity index (χ4v) is 2.92. The standard InChI is InChI=1S/C15H19ClN2O/c1-4-19-11-7-5-6-10-14(11)17-13(9-16)18(10)12-8-15(12,2)3/h5-7,12H,4,8-9H2,1-3H3. The fourth-order valence-electron chi connectivity index (χ4n) is 2.73. The van der Waals surface area contributed by atoms with Crippen molar-refractivity contribution in [2.75, 3.05) is 6.61 Å². The van der Waals surface area contributed by atoms with Gasteiger partial charge in [-0.2, -0.15) is 0 Å². The number of alkyl halides is 1. The highest BCUT2D eigenvalue weighted by Gasteiger charge is 2.48. The Morgan fingerprint density at radius 2 is 2.21 bits per heavy atom. The Hall–Kier alpha value is -1.22. The van der Waals surface area contributed by atoms with Crippen LogP contribution in [0.3, 0.4) is 0 Å². The number of para-hydroxylation sites is 1. The van der Waals surface area contributed by atoms with Gasteiger partial charge in [-0.25, -0.2) is 4.98 Å². The summed E-state index contributed by atoms with van der Waals surface area (Å²) >= 11 is 6.07. The van der Waals surface area contributed by atoms with Crippen LogP contribution in [0.2, 0.25) is 0 Å². The van der Waals surface area contributed by atoms with Crippen LogP contribution in [0, 0.1) is 5.41 Å². The molecule has 1 aliphatic carbocycles. The summed E-state index contributed by atoms with van der Waals surface area (Å²) in [6, 6.07) is 6.61. The van der Waals surface area contributed by atoms with Crippen LogP contribution in [0.15, 0.2) is 18.2 Å².